The van der Waals surface area contributed by atoms with Crippen LogP contribution in [0.15, 0.2) is 6.07 Å². The van der Waals surface area contributed by atoms with Crippen LogP contribution in [-0.4, -0.2) is 18.8 Å². The number of hydrogen-bond donors (Lipinski definition) is 2. The molecule has 1 aliphatic carbocycles. The zero-order valence-corrected chi connectivity index (χ0v) is 12.4. The molecule has 1 aromatic rings. The summed E-state index contributed by atoms with van der Waals surface area (Å²) in [4.78, 5) is 0. The summed E-state index contributed by atoms with van der Waals surface area (Å²) >= 11 is 6.28. The lowest BCUT2D eigenvalue weighted by molar-refractivity contribution is 0.285. The first-order chi connectivity index (χ1) is 9.05. The maximum absolute atomic E-state index is 10.5. The van der Waals surface area contributed by atoms with Crippen LogP contribution in [0, 0.1) is 6.92 Å². The quantitative estimate of drug-likeness (QED) is 0.892. The summed E-state index contributed by atoms with van der Waals surface area (Å²) in [6.07, 6.45) is 5.52. The predicted octanol–water partition coefficient (Wildman–Crippen LogP) is 3.52. The second-order valence-electron chi connectivity index (χ2n) is 5.46. The molecule has 106 valence electrons. The van der Waals surface area contributed by atoms with Crippen molar-refractivity contribution in [2.45, 2.75) is 44.4 Å². The average molecular weight is 284 g/mol. The van der Waals surface area contributed by atoms with E-state index in [1.165, 1.54) is 6.42 Å². The molecule has 0 radical (unpaired) electrons. The number of phenols is 1. The number of hydrogen-bond acceptors (Lipinski definition) is 3. The number of halogens is 1. The van der Waals surface area contributed by atoms with Crippen molar-refractivity contribution >= 4 is 11.6 Å². The number of aromatic hydroxyl groups is 1. The molecule has 1 aromatic carbocycles. The van der Waals surface area contributed by atoms with E-state index in [-0.39, 0.29) is 11.2 Å². The Morgan fingerprint density at radius 2 is 2.00 bits per heavy atom. The third kappa shape index (κ3) is 2.41. The Morgan fingerprint density at radius 1 is 1.37 bits per heavy atom. The van der Waals surface area contributed by atoms with Crippen molar-refractivity contribution in [1.29, 1.82) is 0 Å². The molecule has 0 amide bonds. The van der Waals surface area contributed by atoms with Crippen LogP contribution in [0.1, 0.15) is 43.2 Å². The fourth-order valence-corrected chi connectivity index (χ4v) is 3.37. The Hall–Kier alpha value is -0.930. The lowest BCUT2D eigenvalue weighted by atomic mass is 9.69. The molecular weight excluding hydrogens is 262 g/mol. The van der Waals surface area contributed by atoms with Gasteiger partial charge in [0.1, 0.15) is 0 Å². The number of nitrogens with two attached hydrogens (primary N) is 1. The van der Waals surface area contributed by atoms with E-state index >= 15 is 0 Å². The molecule has 0 saturated heterocycles. The standard InChI is InChI=1S/C15H22ClNO2/c1-10-12(16)8-11(13(18)14(10)19-2)15(9-17)6-4-3-5-7-15/h8,18H,3-7,9,17H2,1-2H3. The van der Waals surface area contributed by atoms with Crippen molar-refractivity contribution in [2.24, 2.45) is 5.73 Å². The van der Waals surface area contributed by atoms with E-state index in [0.29, 0.717) is 17.3 Å². The summed E-state index contributed by atoms with van der Waals surface area (Å²) < 4.78 is 5.30. The molecule has 0 heterocycles. The van der Waals surface area contributed by atoms with E-state index in [0.717, 1.165) is 36.8 Å². The molecule has 1 aliphatic rings. The van der Waals surface area contributed by atoms with E-state index < -0.39 is 0 Å². The summed E-state index contributed by atoms with van der Waals surface area (Å²) in [6, 6.07) is 1.87. The minimum atomic E-state index is -0.160. The average Bonchev–Trinajstić information content (AvgIpc) is 2.44. The van der Waals surface area contributed by atoms with E-state index in [9.17, 15) is 5.11 Å². The number of benzene rings is 1. The van der Waals surface area contributed by atoms with Gasteiger partial charge in [0.05, 0.1) is 7.11 Å². The summed E-state index contributed by atoms with van der Waals surface area (Å²) in [7, 11) is 1.55. The molecule has 3 N–H and O–H groups in total. The molecule has 1 fully saturated rings. The van der Waals surface area contributed by atoms with Gasteiger partial charge in [-0.3, -0.25) is 0 Å². The fraction of sp³-hybridized carbons (Fsp3) is 0.600. The van der Waals surface area contributed by atoms with Crippen molar-refractivity contribution < 1.29 is 9.84 Å². The van der Waals surface area contributed by atoms with Gasteiger partial charge < -0.3 is 15.6 Å². The topological polar surface area (TPSA) is 55.5 Å². The van der Waals surface area contributed by atoms with Crippen LogP contribution in [0.5, 0.6) is 11.5 Å². The Balaban J connectivity index is 2.57. The summed E-state index contributed by atoms with van der Waals surface area (Å²) in [5.74, 6) is 0.678. The van der Waals surface area contributed by atoms with Crippen LogP contribution < -0.4 is 10.5 Å². The molecule has 0 bridgehead atoms. The van der Waals surface area contributed by atoms with Crippen LogP contribution in [-0.2, 0) is 5.41 Å². The van der Waals surface area contributed by atoms with Gasteiger partial charge in [0.25, 0.3) is 0 Å². The maximum Gasteiger partial charge on any atom is 0.165 e. The van der Waals surface area contributed by atoms with Crippen molar-refractivity contribution in [3.05, 3.63) is 22.2 Å². The minimum Gasteiger partial charge on any atom is -0.504 e. The molecule has 1 saturated carbocycles. The highest BCUT2D eigenvalue weighted by Gasteiger charge is 2.36. The van der Waals surface area contributed by atoms with Crippen molar-refractivity contribution in [3.8, 4) is 11.5 Å². The van der Waals surface area contributed by atoms with Crippen LogP contribution >= 0.6 is 11.6 Å². The summed E-state index contributed by atoms with van der Waals surface area (Å²) in [5, 5.41) is 11.1. The van der Waals surface area contributed by atoms with Crippen molar-refractivity contribution in [1.82, 2.24) is 0 Å². The van der Waals surface area contributed by atoms with Gasteiger partial charge >= 0.3 is 0 Å². The normalized spacial score (nSPS) is 18.3. The van der Waals surface area contributed by atoms with Gasteiger partial charge in [-0.15, -0.1) is 0 Å². The molecule has 0 aliphatic heterocycles. The number of rotatable bonds is 3. The van der Waals surface area contributed by atoms with Gasteiger partial charge in [0.15, 0.2) is 11.5 Å². The van der Waals surface area contributed by atoms with Crippen LogP contribution in [0.4, 0.5) is 0 Å². The van der Waals surface area contributed by atoms with Crippen molar-refractivity contribution in [3.63, 3.8) is 0 Å². The van der Waals surface area contributed by atoms with E-state index in [1.807, 2.05) is 13.0 Å². The summed E-state index contributed by atoms with van der Waals surface area (Å²) in [6.45, 7) is 2.38. The Morgan fingerprint density at radius 3 is 2.53 bits per heavy atom. The van der Waals surface area contributed by atoms with Gasteiger partial charge in [-0.05, 0) is 25.8 Å². The molecule has 4 heteroatoms. The number of ether oxygens (including phenoxy) is 1. The molecule has 0 atom stereocenters. The zero-order valence-electron chi connectivity index (χ0n) is 11.6. The first kappa shape index (κ1) is 14.5. The monoisotopic (exact) mass is 283 g/mol. The molecule has 19 heavy (non-hydrogen) atoms. The second kappa shape index (κ2) is 5.59. The third-order valence-corrected chi connectivity index (χ3v) is 4.81. The largest absolute Gasteiger partial charge is 0.504 e. The van der Waals surface area contributed by atoms with Gasteiger partial charge in [-0.25, -0.2) is 0 Å². The van der Waals surface area contributed by atoms with Gasteiger partial charge in [0.2, 0.25) is 0 Å². The lowest BCUT2D eigenvalue weighted by Gasteiger charge is -2.37. The van der Waals surface area contributed by atoms with Crippen LogP contribution in [0.2, 0.25) is 5.02 Å². The smallest absolute Gasteiger partial charge is 0.165 e. The Labute approximate surface area is 119 Å². The molecule has 0 aromatic heterocycles. The Kier molecular flexibility index (Phi) is 4.26. The first-order valence-electron chi connectivity index (χ1n) is 6.82. The van der Waals surface area contributed by atoms with E-state index in [2.05, 4.69) is 0 Å². The molecular formula is C15H22ClNO2. The highest BCUT2D eigenvalue weighted by molar-refractivity contribution is 6.31. The highest BCUT2D eigenvalue weighted by atomic mass is 35.5. The molecule has 0 spiro atoms. The number of methoxy groups -OCH3 is 1. The highest BCUT2D eigenvalue weighted by Crippen LogP contribution is 2.48. The molecule has 2 rings (SSSR count). The minimum absolute atomic E-state index is 0.160. The SMILES string of the molecule is COc1c(C)c(Cl)cc(C2(CN)CCCCC2)c1O. The lowest BCUT2D eigenvalue weighted by Crippen LogP contribution is -2.37. The van der Waals surface area contributed by atoms with Crippen LogP contribution in [0.3, 0.4) is 0 Å². The van der Waals surface area contributed by atoms with E-state index in [4.69, 9.17) is 22.1 Å². The fourth-order valence-electron chi connectivity index (χ4n) is 3.18. The molecule has 3 nitrogen and oxygen atoms in total. The van der Waals surface area contributed by atoms with Gasteiger partial charge in [-0.2, -0.15) is 0 Å². The van der Waals surface area contributed by atoms with Crippen LogP contribution in [0.25, 0.3) is 0 Å². The van der Waals surface area contributed by atoms with Gasteiger partial charge in [-0.1, -0.05) is 30.9 Å². The summed E-state index contributed by atoms with van der Waals surface area (Å²) in [5.41, 5.74) is 7.48. The maximum atomic E-state index is 10.5. The van der Waals surface area contributed by atoms with Crippen molar-refractivity contribution in [2.75, 3.05) is 13.7 Å². The third-order valence-electron chi connectivity index (χ3n) is 4.42. The van der Waals surface area contributed by atoms with Gasteiger partial charge in [0, 0.05) is 28.1 Å². The second-order valence-corrected chi connectivity index (χ2v) is 5.87. The van der Waals surface area contributed by atoms with E-state index in [1.54, 1.807) is 7.11 Å². The number of phenolic OH excluding ortho intramolecular Hbond substituents is 1. The Bertz CT molecular complexity index is 468. The zero-order chi connectivity index (χ0) is 14.0. The first-order valence-corrected chi connectivity index (χ1v) is 7.20. The predicted molar refractivity (Wildman–Crippen MR) is 78.2 cm³/mol. The molecule has 0 unspecified atom stereocenters.